The summed E-state index contributed by atoms with van der Waals surface area (Å²) in [7, 11) is 0. The minimum atomic E-state index is -2.08. The maximum absolute atomic E-state index is 11.0. The largest absolute Gasteiger partial charge is 0.335 e. The van der Waals surface area contributed by atoms with Crippen molar-refractivity contribution in [1.82, 2.24) is 21.3 Å². The summed E-state index contributed by atoms with van der Waals surface area (Å²) >= 11 is 0. The van der Waals surface area contributed by atoms with E-state index < -0.39 is 44.7 Å². The molecule has 16 heteroatoms. The standard InChI is InChI=1S/C8H16N8O8/c17-13(18)5-3-1-2-4-9-6(14(19)20)11-8(16(23)24)12-7(10-5)15(21)22/h5-12H,1-4H2. The van der Waals surface area contributed by atoms with Crippen LogP contribution in [0.25, 0.3) is 0 Å². The van der Waals surface area contributed by atoms with Crippen molar-refractivity contribution in [3.63, 3.8) is 0 Å². The minimum Gasteiger partial charge on any atom is -0.263 e. The summed E-state index contributed by atoms with van der Waals surface area (Å²) in [5, 5.41) is 52.1. The number of nitrogens with one attached hydrogen (secondary N) is 4. The van der Waals surface area contributed by atoms with Gasteiger partial charge in [0.05, 0.1) is 14.8 Å². The number of rotatable bonds is 4. The molecule has 0 aliphatic carbocycles. The van der Waals surface area contributed by atoms with Gasteiger partial charge in [-0.3, -0.25) is 40.5 Å². The molecule has 0 amide bonds. The summed E-state index contributed by atoms with van der Waals surface area (Å²) in [5.74, 6) is 0. The van der Waals surface area contributed by atoms with Crippen molar-refractivity contribution in [3.8, 4) is 0 Å². The molecule has 24 heavy (non-hydrogen) atoms. The SMILES string of the molecule is O=[N+]([O-])C1CCCCNC([N+](=O)[O-])NC([N+](=O)[O-])NC([N+](=O)[O-])N1. The molecule has 1 aliphatic heterocycles. The molecule has 0 radical (unpaired) electrons. The topological polar surface area (TPSA) is 221 Å². The average molecular weight is 352 g/mol. The van der Waals surface area contributed by atoms with Crippen LogP contribution in [0.1, 0.15) is 19.3 Å². The van der Waals surface area contributed by atoms with E-state index in [0.717, 1.165) is 0 Å². The molecule has 0 bridgehead atoms. The van der Waals surface area contributed by atoms with E-state index in [2.05, 4.69) is 10.6 Å². The minimum absolute atomic E-state index is 0.0756. The monoisotopic (exact) mass is 352 g/mol. The molecule has 0 spiro atoms. The van der Waals surface area contributed by atoms with Crippen molar-refractivity contribution in [3.05, 3.63) is 40.5 Å². The summed E-state index contributed by atoms with van der Waals surface area (Å²) in [6.45, 7) is 0.0756. The summed E-state index contributed by atoms with van der Waals surface area (Å²) < 4.78 is 0. The molecule has 4 unspecified atom stereocenters. The van der Waals surface area contributed by atoms with Crippen molar-refractivity contribution in [1.29, 1.82) is 0 Å². The number of hydrogen-bond donors (Lipinski definition) is 4. The van der Waals surface area contributed by atoms with Crippen LogP contribution in [0, 0.1) is 40.5 Å². The lowest BCUT2D eigenvalue weighted by molar-refractivity contribution is -0.608. The van der Waals surface area contributed by atoms with Gasteiger partial charge in [0.1, 0.15) is 0 Å². The second-order valence-electron chi connectivity index (χ2n) is 4.81. The summed E-state index contributed by atoms with van der Waals surface area (Å²) in [6.07, 6.45) is -6.85. The van der Waals surface area contributed by atoms with Gasteiger partial charge < -0.3 is 0 Å². The van der Waals surface area contributed by atoms with Gasteiger partial charge in [0.25, 0.3) is 6.17 Å². The molecule has 4 atom stereocenters. The summed E-state index contributed by atoms with van der Waals surface area (Å²) in [5.41, 5.74) is 0. The molecule has 0 aromatic carbocycles. The Bertz CT molecular complexity index is 460. The third kappa shape index (κ3) is 5.91. The van der Waals surface area contributed by atoms with Crippen LogP contribution in [0.4, 0.5) is 0 Å². The van der Waals surface area contributed by atoms with Gasteiger partial charge in [0, 0.05) is 17.9 Å². The van der Waals surface area contributed by atoms with Gasteiger partial charge in [-0.15, -0.1) is 0 Å². The van der Waals surface area contributed by atoms with E-state index in [1.54, 1.807) is 0 Å². The molecule has 1 rings (SSSR count). The van der Waals surface area contributed by atoms with Crippen molar-refractivity contribution >= 4 is 0 Å². The zero-order valence-corrected chi connectivity index (χ0v) is 12.2. The molecule has 1 aliphatic rings. The Morgan fingerprint density at radius 3 is 1.67 bits per heavy atom. The highest BCUT2D eigenvalue weighted by Crippen LogP contribution is 2.04. The molecule has 4 N–H and O–H groups in total. The van der Waals surface area contributed by atoms with Gasteiger partial charge in [0.15, 0.2) is 0 Å². The highest BCUT2D eigenvalue weighted by Gasteiger charge is 2.38. The van der Waals surface area contributed by atoms with Gasteiger partial charge in [0.2, 0.25) is 0 Å². The Kier molecular flexibility index (Phi) is 7.24. The molecule has 0 aromatic rings. The van der Waals surface area contributed by atoms with Crippen LogP contribution in [0.2, 0.25) is 0 Å². The maximum Gasteiger partial charge on any atom is 0.335 e. The molecule has 136 valence electrons. The van der Waals surface area contributed by atoms with Gasteiger partial charge in [-0.05, 0) is 12.8 Å². The zero-order valence-electron chi connectivity index (χ0n) is 12.2. The predicted octanol–water partition coefficient (Wildman–Crippen LogP) is -2.19. The van der Waals surface area contributed by atoms with Crippen LogP contribution in [0.15, 0.2) is 0 Å². The van der Waals surface area contributed by atoms with E-state index >= 15 is 0 Å². The molecule has 1 fully saturated rings. The molecule has 0 saturated carbocycles. The fourth-order valence-electron chi connectivity index (χ4n) is 1.97. The lowest BCUT2D eigenvalue weighted by Crippen LogP contribution is -2.66. The number of nitro groups is 4. The molecular weight excluding hydrogens is 336 g/mol. The molecule has 16 nitrogen and oxygen atoms in total. The Labute approximate surface area is 133 Å². The highest BCUT2D eigenvalue weighted by atomic mass is 16.7. The second-order valence-corrected chi connectivity index (χ2v) is 4.81. The van der Waals surface area contributed by atoms with E-state index in [4.69, 9.17) is 0 Å². The van der Waals surface area contributed by atoms with E-state index in [1.165, 1.54) is 0 Å². The van der Waals surface area contributed by atoms with E-state index in [0.29, 0.717) is 6.42 Å². The Morgan fingerprint density at radius 1 is 0.667 bits per heavy atom. The van der Waals surface area contributed by atoms with Gasteiger partial charge in [-0.25, -0.2) is 5.32 Å². The van der Waals surface area contributed by atoms with E-state index in [1.807, 2.05) is 10.6 Å². The van der Waals surface area contributed by atoms with E-state index in [9.17, 15) is 40.5 Å². The predicted molar refractivity (Wildman–Crippen MR) is 74.4 cm³/mol. The fourth-order valence-corrected chi connectivity index (χ4v) is 1.97. The third-order valence-corrected chi connectivity index (χ3v) is 3.11. The Balaban J connectivity index is 3.01. The molecule has 1 heterocycles. The summed E-state index contributed by atoms with van der Waals surface area (Å²) in [6, 6.07) is 0. The fraction of sp³-hybridized carbons (Fsp3) is 1.00. The number of nitrogens with zero attached hydrogens (tertiary/aromatic N) is 4. The normalized spacial score (nSPS) is 29.7. The van der Waals surface area contributed by atoms with Gasteiger partial charge in [-0.2, -0.15) is 16.0 Å². The first-order chi connectivity index (χ1) is 11.2. The molecule has 1 saturated heterocycles. The lowest BCUT2D eigenvalue weighted by atomic mass is 10.2. The Morgan fingerprint density at radius 2 is 1.17 bits per heavy atom. The van der Waals surface area contributed by atoms with Crippen molar-refractivity contribution in [2.45, 2.75) is 44.3 Å². The van der Waals surface area contributed by atoms with Gasteiger partial charge in [-0.1, -0.05) is 0 Å². The first-order valence-electron chi connectivity index (χ1n) is 6.78. The van der Waals surface area contributed by atoms with Crippen LogP contribution in [0.3, 0.4) is 0 Å². The zero-order chi connectivity index (χ0) is 18.3. The first-order valence-corrected chi connectivity index (χ1v) is 6.78. The van der Waals surface area contributed by atoms with Crippen LogP contribution in [0.5, 0.6) is 0 Å². The maximum atomic E-state index is 11.0. The smallest absolute Gasteiger partial charge is 0.263 e. The van der Waals surface area contributed by atoms with Crippen molar-refractivity contribution < 1.29 is 19.7 Å². The average Bonchev–Trinajstić information content (AvgIpc) is 2.46. The lowest BCUT2D eigenvalue weighted by Gasteiger charge is -2.21. The highest BCUT2D eigenvalue weighted by molar-refractivity contribution is 4.65. The van der Waals surface area contributed by atoms with Crippen LogP contribution in [-0.4, -0.2) is 51.3 Å². The van der Waals surface area contributed by atoms with Crippen molar-refractivity contribution in [2.75, 3.05) is 6.54 Å². The quantitative estimate of drug-likeness (QED) is 0.313. The number of hydrogen-bond acceptors (Lipinski definition) is 12. The van der Waals surface area contributed by atoms with Gasteiger partial charge >= 0.3 is 18.9 Å². The van der Waals surface area contributed by atoms with Crippen molar-refractivity contribution in [2.24, 2.45) is 0 Å². The molecule has 0 aromatic heterocycles. The van der Waals surface area contributed by atoms with E-state index in [-0.39, 0.29) is 19.4 Å². The van der Waals surface area contributed by atoms with Crippen LogP contribution in [-0.2, 0) is 0 Å². The van der Waals surface area contributed by atoms with Crippen LogP contribution >= 0.6 is 0 Å². The summed E-state index contributed by atoms with van der Waals surface area (Å²) in [4.78, 5) is 40.1. The second kappa shape index (κ2) is 8.91. The first kappa shape index (κ1) is 19.5. The van der Waals surface area contributed by atoms with Crippen LogP contribution < -0.4 is 21.3 Å². The third-order valence-electron chi connectivity index (χ3n) is 3.11. The Hall–Kier alpha value is -2.56. The molecular formula is C8H16N8O8.